The number of carbonyl (C=O) groups is 2. The number of nitrogens with one attached hydrogen (secondary N) is 1. The van der Waals surface area contributed by atoms with Crippen LogP contribution < -0.4 is 5.32 Å². The minimum absolute atomic E-state index is 0.0168. The van der Waals surface area contributed by atoms with Gasteiger partial charge in [0.1, 0.15) is 0 Å². The van der Waals surface area contributed by atoms with Crippen LogP contribution in [0.5, 0.6) is 0 Å². The number of aliphatic hydroxyl groups excluding tert-OH is 1. The zero-order chi connectivity index (χ0) is 23.3. The molecule has 1 saturated carbocycles. The summed E-state index contributed by atoms with van der Waals surface area (Å²) in [6.07, 6.45) is 4.37. The molecule has 6 nitrogen and oxygen atoms in total. The largest absolute Gasteiger partial charge is 0.392 e. The maximum absolute atomic E-state index is 13.1. The third-order valence-electron chi connectivity index (χ3n) is 8.34. The minimum Gasteiger partial charge on any atom is -0.392 e. The Bertz CT molecular complexity index is 1030. The second-order valence-electron chi connectivity index (χ2n) is 10.4. The van der Waals surface area contributed by atoms with E-state index in [1.54, 1.807) is 11.3 Å². The van der Waals surface area contributed by atoms with E-state index in [4.69, 9.17) is 4.98 Å². The highest BCUT2D eigenvalue weighted by molar-refractivity contribution is 7.16. The van der Waals surface area contributed by atoms with Crippen LogP contribution in [0.3, 0.4) is 0 Å². The van der Waals surface area contributed by atoms with Gasteiger partial charge in [0, 0.05) is 29.8 Å². The molecular weight excluding hydrogens is 454 g/mol. The number of thiazole rings is 1. The standard InChI is InChI=1S/C25H33N3O3S2/c1-14(23(31)28-10-4-5-11-28)16-8-9-25(3)13-18-20(15(2)19(25)21(16)29)26-24(33-18)27-22(30)17-7-6-12-32-17/h6-7,12,14-16,19,21,29H,4-5,8-11,13H2,1-3H3,(H,26,27,30)/t14-,15-,16?,19+,21-,25-/m0/s1. The second kappa shape index (κ2) is 8.78. The average Bonchev–Trinajstić information content (AvgIpc) is 3.54. The summed E-state index contributed by atoms with van der Waals surface area (Å²) in [5.74, 6) is 0.0391. The van der Waals surface area contributed by atoms with E-state index in [1.165, 1.54) is 16.2 Å². The number of hydrogen-bond donors (Lipinski definition) is 2. The van der Waals surface area contributed by atoms with Crippen molar-refractivity contribution < 1.29 is 14.7 Å². The first-order chi connectivity index (χ1) is 15.8. The number of nitrogens with zero attached hydrogens (tertiary/aromatic N) is 2. The summed E-state index contributed by atoms with van der Waals surface area (Å²) < 4.78 is 0. The minimum atomic E-state index is -0.528. The summed E-state index contributed by atoms with van der Waals surface area (Å²) in [7, 11) is 0. The van der Waals surface area contributed by atoms with E-state index >= 15 is 0 Å². The monoisotopic (exact) mass is 487 g/mol. The molecule has 2 fully saturated rings. The average molecular weight is 488 g/mol. The Balaban J connectivity index is 1.36. The zero-order valence-electron chi connectivity index (χ0n) is 19.5. The maximum atomic E-state index is 13.1. The number of rotatable bonds is 4. The molecule has 3 aliphatic rings. The Morgan fingerprint density at radius 2 is 2.09 bits per heavy atom. The van der Waals surface area contributed by atoms with Gasteiger partial charge in [-0.3, -0.25) is 14.9 Å². The van der Waals surface area contributed by atoms with Crippen molar-refractivity contribution in [3.8, 4) is 0 Å². The molecule has 0 radical (unpaired) electrons. The molecule has 6 atom stereocenters. The summed E-state index contributed by atoms with van der Waals surface area (Å²) in [6, 6.07) is 3.68. The summed E-state index contributed by atoms with van der Waals surface area (Å²) in [4.78, 5) is 34.3. The van der Waals surface area contributed by atoms with Crippen molar-refractivity contribution in [3.63, 3.8) is 0 Å². The smallest absolute Gasteiger partial charge is 0.267 e. The van der Waals surface area contributed by atoms with E-state index in [0.29, 0.717) is 10.0 Å². The lowest BCUT2D eigenvalue weighted by atomic mass is 9.53. The predicted octanol–water partition coefficient (Wildman–Crippen LogP) is 4.77. The molecule has 2 aromatic heterocycles. The highest BCUT2D eigenvalue weighted by Crippen LogP contribution is 2.57. The number of thiophene rings is 1. The van der Waals surface area contributed by atoms with Crippen molar-refractivity contribution in [2.45, 2.75) is 64.9 Å². The van der Waals surface area contributed by atoms with Gasteiger partial charge in [-0.15, -0.1) is 22.7 Å². The van der Waals surface area contributed by atoms with Gasteiger partial charge in [0.25, 0.3) is 5.91 Å². The maximum Gasteiger partial charge on any atom is 0.267 e. The van der Waals surface area contributed by atoms with Crippen molar-refractivity contribution >= 4 is 39.6 Å². The number of aromatic nitrogens is 1. The van der Waals surface area contributed by atoms with Gasteiger partial charge in [-0.2, -0.15) is 0 Å². The van der Waals surface area contributed by atoms with Gasteiger partial charge in [-0.25, -0.2) is 4.98 Å². The summed E-state index contributed by atoms with van der Waals surface area (Å²) in [5.41, 5.74) is 0.975. The van der Waals surface area contributed by atoms with E-state index < -0.39 is 6.10 Å². The summed E-state index contributed by atoms with van der Waals surface area (Å²) >= 11 is 2.98. The Labute approximate surface area is 203 Å². The molecule has 2 aromatic rings. The Kier molecular flexibility index (Phi) is 6.12. The van der Waals surface area contributed by atoms with Crippen molar-refractivity contribution in [2.24, 2.45) is 23.2 Å². The van der Waals surface area contributed by atoms with Crippen LogP contribution >= 0.6 is 22.7 Å². The fourth-order valence-electron chi connectivity index (χ4n) is 6.58. The third kappa shape index (κ3) is 4.04. The van der Waals surface area contributed by atoms with E-state index in [9.17, 15) is 14.7 Å². The molecule has 1 saturated heterocycles. The number of hydrogen-bond acceptors (Lipinski definition) is 6. The highest BCUT2D eigenvalue weighted by Gasteiger charge is 2.54. The first-order valence-corrected chi connectivity index (χ1v) is 13.8. The molecule has 2 amide bonds. The molecule has 2 N–H and O–H groups in total. The SMILES string of the molecule is C[C@H](C(=O)N1CCCC1)C1CC[C@@]2(C)Cc3sc(NC(=O)c4cccs4)nc3[C@@H](C)[C@@H]2[C@H]1O. The molecule has 0 aromatic carbocycles. The molecule has 5 rings (SSSR count). The van der Waals surface area contributed by atoms with Crippen LogP contribution in [0.4, 0.5) is 5.13 Å². The fourth-order valence-corrected chi connectivity index (χ4v) is 8.45. The molecule has 8 heteroatoms. The van der Waals surface area contributed by atoms with Gasteiger partial charge in [0.15, 0.2) is 5.13 Å². The van der Waals surface area contributed by atoms with Gasteiger partial charge >= 0.3 is 0 Å². The van der Waals surface area contributed by atoms with E-state index in [-0.39, 0.29) is 40.9 Å². The first kappa shape index (κ1) is 23.0. The van der Waals surface area contributed by atoms with Gasteiger partial charge in [0.2, 0.25) is 5.91 Å². The summed E-state index contributed by atoms with van der Waals surface area (Å²) in [5, 5.41) is 17.1. The van der Waals surface area contributed by atoms with Crippen LogP contribution in [-0.2, 0) is 11.2 Å². The highest BCUT2D eigenvalue weighted by atomic mass is 32.1. The Hall–Kier alpha value is -1.77. The van der Waals surface area contributed by atoms with Gasteiger partial charge < -0.3 is 10.0 Å². The topological polar surface area (TPSA) is 82.5 Å². The number of fused-ring (bicyclic) bond motifs is 2. The van der Waals surface area contributed by atoms with Crippen LogP contribution in [0.2, 0.25) is 0 Å². The molecule has 1 unspecified atom stereocenters. The van der Waals surface area contributed by atoms with Crippen LogP contribution in [0.1, 0.15) is 72.6 Å². The quantitative estimate of drug-likeness (QED) is 0.651. The molecule has 0 bridgehead atoms. The lowest BCUT2D eigenvalue weighted by molar-refractivity contribution is -0.143. The normalized spacial score (nSPS) is 32.2. The van der Waals surface area contributed by atoms with Gasteiger partial charge in [0.05, 0.1) is 16.7 Å². The number of anilines is 1. The Morgan fingerprint density at radius 3 is 2.79 bits per heavy atom. The lowest BCUT2D eigenvalue weighted by Crippen LogP contribution is -2.53. The van der Waals surface area contributed by atoms with Crippen molar-refractivity contribution in [1.82, 2.24) is 9.88 Å². The van der Waals surface area contributed by atoms with E-state index in [2.05, 4.69) is 19.2 Å². The van der Waals surface area contributed by atoms with Crippen molar-refractivity contribution in [1.29, 1.82) is 0 Å². The van der Waals surface area contributed by atoms with E-state index in [0.717, 1.165) is 50.9 Å². The van der Waals surface area contributed by atoms with Crippen molar-refractivity contribution in [3.05, 3.63) is 33.0 Å². The first-order valence-electron chi connectivity index (χ1n) is 12.1. The van der Waals surface area contributed by atoms with Crippen LogP contribution in [0, 0.1) is 23.2 Å². The van der Waals surface area contributed by atoms with Crippen LogP contribution in [-0.4, -0.2) is 46.0 Å². The zero-order valence-corrected chi connectivity index (χ0v) is 21.2. The molecule has 1 aliphatic heterocycles. The van der Waals surface area contributed by atoms with Crippen LogP contribution in [0.25, 0.3) is 0 Å². The number of amides is 2. The van der Waals surface area contributed by atoms with E-state index in [1.807, 2.05) is 29.3 Å². The number of aliphatic hydroxyl groups is 1. The molecule has 33 heavy (non-hydrogen) atoms. The number of likely N-dealkylation sites (tertiary alicyclic amines) is 1. The molecule has 178 valence electrons. The van der Waals surface area contributed by atoms with Gasteiger partial charge in [-0.1, -0.05) is 26.8 Å². The molecule has 3 heterocycles. The second-order valence-corrected chi connectivity index (χ2v) is 12.4. The molecular formula is C25H33N3O3S2. The summed E-state index contributed by atoms with van der Waals surface area (Å²) in [6.45, 7) is 8.16. The predicted molar refractivity (Wildman–Crippen MR) is 132 cm³/mol. The van der Waals surface area contributed by atoms with Gasteiger partial charge in [-0.05, 0) is 60.8 Å². The third-order valence-corrected chi connectivity index (χ3v) is 10.2. The fraction of sp³-hybridized carbons (Fsp3) is 0.640. The van der Waals surface area contributed by atoms with Crippen molar-refractivity contribution in [2.75, 3.05) is 18.4 Å². The number of carbonyl (C=O) groups excluding carboxylic acids is 2. The molecule has 2 aliphatic carbocycles. The lowest BCUT2D eigenvalue weighted by Gasteiger charge is -2.53. The Morgan fingerprint density at radius 1 is 1.33 bits per heavy atom. The van der Waals surface area contributed by atoms with Crippen LogP contribution in [0.15, 0.2) is 17.5 Å². The molecule has 0 spiro atoms.